The van der Waals surface area contributed by atoms with Crippen molar-refractivity contribution in [1.29, 1.82) is 0 Å². The van der Waals surface area contributed by atoms with E-state index in [0.717, 1.165) is 12.8 Å². The summed E-state index contributed by atoms with van der Waals surface area (Å²) < 4.78 is 11.1. The molecule has 0 aliphatic heterocycles. The van der Waals surface area contributed by atoms with Crippen molar-refractivity contribution in [2.24, 2.45) is 11.1 Å². The molecule has 4 N–H and O–H groups in total. The van der Waals surface area contributed by atoms with Gasteiger partial charge in [0.2, 0.25) is 0 Å². The summed E-state index contributed by atoms with van der Waals surface area (Å²) >= 11 is 0. The quantitative estimate of drug-likeness (QED) is 0.373. The van der Waals surface area contributed by atoms with Crippen LogP contribution in [0.5, 0.6) is 0 Å². The van der Waals surface area contributed by atoms with Crippen LogP contribution < -0.4 is 11.1 Å². The first-order valence-corrected chi connectivity index (χ1v) is 8.64. The van der Waals surface area contributed by atoms with E-state index in [-0.39, 0.29) is 0 Å². The summed E-state index contributed by atoms with van der Waals surface area (Å²) in [6.07, 6.45) is 5.59. The third-order valence-corrected chi connectivity index (χ3v) is 4.13. The number of hydrogen-bond donors (Lipinski definition) is 2. The largest absolute Gasteiger partial charge is 0.420 e. The summed E-state index contributed by atoms with van der Waals surface area (Å²) in [5.74, 6) is 0. The fourth-order valence-corrected chi connectivity index (χ4v) is 3.39. The van der Waals surface area contributed by atoms with E-state index in [1.165, 1.54) is 19.3 Å². The first-order valence-electron chi connectivity index (χ1n) is 6.25. The molecule has 0 bridgehead atoms. The Hall–Kier alpha value is 0.0569. The van der Waals surface area contributed by atoms with Crippen molar-refractivity contribution in [2.75, 3.05) is 6.61 Å². The molecule has 0 aliphatic rings. The molecule has 0 aliphatic carbocycles. The topological polar surface area (TPSA) is 70.5 Å². The van der Waals surface area contributed by atoms with Gasteiger partial charge in [-0.25, -0.2) is 0 Å². The standard InChI is InChI=1S/C11H28N2O2Si/c1-5-7-8-9-10-11(3,12)15-16(4,13)14-6-2/h5-10,12-13H2,1-4H3. The van der Waals surface area contributed by atoms with Crippen LogP contribution in [-0.2, 0) is 8.85 Å². The Morgan fingerprint density at radius 2 is 1.81 bits per heavy atom. The lowest BCUT2D eigenvalue weighted by Gasteiger charge is -2.33. The zero-order chi connectivity index (χ0) is 12.7. The molecule has 16 heavy (non-hydrogen) atoms. The smallest absolute Gasteiger partial charge is 0.383 e. The minimum Gasteiger partial charge on any atom is -0.383 e. The van der Waals surface area contributed by atoms with E-state index in [0.29, 0.717) is 6.61 Å². The fourth-order valence-electron chi connectivity index (χ4n) is 1.73. The van der Waals surface area contributed by atoms with Crippen molar-refractivity contribution in [1.82, 2.24) is 0 Å². The highest BCUT2D eigenvalue weighted by Gasteiger charge is 2.34. The second-order valence-electron chi connectivity index (χ2n) is 4.67. The molecule has 0 heterocycles. The van der Waals surface area contributed by atoms with Crippen LogP contribution >= 0.6 is 0 Å². The van der Waals surface area contributed by atoms with Crippen LogP contribution in [0, 0.1) is 0 Å². The Morgan fingerprint density at radius 3 is 2.31 bits per heavy atom. The molecule has 4 nitrogen and oxygen atoms in total. The zero-order valence-electron chi connectivity index (χ0n) is 11.2. The zero-order valence-corrected chi connectivity index (χ0v) is 12.2. The monoisotopic (exact) mass is 248 g/mol. The van der Waals surface area contributed by atoms with E-state index in [4.69, 9.17) is 20.0 Å². The summed E-state index contributed by atoms with van der Waals surface area (Å²) in [6.45, 7) is 8.39. The first-order chi connectivity index (χ1) is 7.33. The molecule has 0 spiro atoms. The second-order valence-corrected chi connectivity index (χ2v) is 7.20. The summed E-state index contributed by atoms with van der Waals surface area (Å²) in [7, 11) is -2.53. The van der Waals surface area contributed by atoms with Gasteiger partial charge in [0, 0.05) is 6.61 Å². The van der Waals surface area contributed by atoms with Gasteiger partial charge in [-0.3, -0.25) is 0 Å². The SMILES string of the molecule is CCCCCCC(C)(N)O[Si](C)(N)OCC. The van der Waals surface area contributed by atoms with Gasteiger partial charge in [-0.1, -0.05) is 26.2 Å². The Morgan fingerprint density at radius 1 is 1.19 bits per heavy atom. The predicted octanol–water partition coefficient (Wildman–Crippen LogP) is 2.21. The van der Waals surface area contributed by atoms with Gasteiger partial charge >= 0.3 is 8.72 Å². The van der Waals surface area contributed by atoms with Gasteiger partial charge in [0.05, 0.1) is 0 Å². The van der Waals surface area contributed by atoms with Gasteiger partial charge < -0.3 is 20.0 Å². The van der Waals surface area contributed by atoms with E-state index in [1.54, 1.807) is 0 Å². The summed E-state index contributed by atoms with van der Waals surface area (Å²) in [5, 5.41) is 5.96. The fraction of sp³-hybridized carbons (Fsp3) is 1.00. The third-order valence-electron chi connectivity index (χ3n) is 2.39. The summed E-state index contributed by atoms with van der Waals surface area (Å²) in [6, 6.07) is 0. The lowest BCUT2D eigenvalue weighted by atomic mass is 10.1. The van der Waals surface area contributed by atoms with E-state index in [1.807, 2.05) is 20.4 Å². The Bertz CT molecular complexity index is 187. The van der Waals surface area contributed by atoms with Crippen LogP contribution in [0.3, 0.4) is 0 Å². The highest BCUT2D eigenvalue weighted by Crippen LogP contribution is 2.17. The summed E-state index contributed by atoms with van der Waals surface area (Å²) in [5.41, 5.74) is 5.41. The van der Waals surface area contributed by atoms with E-state index < -0.39 is 14.4 Å². The van der Waals surface area contributed by atoms with Gasteiger partial charge in [-0.05, 0) is 33.2 Å². The van der Waals surface area contributed by atoms with Crippen molar-refractivity contribution < 1.29 is 8.85 Å². The summed E-state index contributed by atoms with van der Waals surface area (Å²) in [4.78, 5) is 0. The lowest BCUT2D eigenvalue weighted by Crippen LogP contribution is -2.58. The Kier molecular flexibility index (Phi) is 7.42. The third kappa shape index (κ3) is 8.24. The van der Waals surface area contributed by atoms with Crippen molar-refractivity contribution >= 4 is 8.72 Å². The molecule has 0 aromatic carbocycles. The molecule has 0 saturated heterocycles. The molecule has 0 saturated carbocycles. The van der Waals surface area contributed by atoms with Crippen molar-refractivity contribution in [3.05, 3.63) is 0 Å². The average Bonchev–Trinajstić information content (AvgIpc) is 2.10. The van der Waals surface area contributed by atoms with Crippen LogP contribution in [-0.4, -0.2) is 21.1 Å². The molecule has 5 heteroatoms. The Labute approximate surface area is 101 Å². The molecule has 0 amide bonds. The van der Waals surface area contributed by atoms with Crippen LogP contribution in [0.2, 0.25) is 6.55 Å². The van der Waals surface area contributed by atoms with Crippen LogP contribution in [0.1, 0.15) is 52.9 Å². The maximum atomic E-state index is 6.07. The van der Waals surface area contributed by atoms with Gasteiger partial charge in [0.1, 0.15) is 5.72 Å². The minimum absolute atomic E-state index is 0.575. The van der Waals surface area contributed by atoms with E-state index >= 15 is 0 Å². The van der Waals surface area contributed by atoms with Crippen LogP contribution in [0.15, 0.2) is 0 Å². The number of hydrogen-bond acceptors (Lipinski definition) is 4. The molecule has 2 unspecified atom stereocenters. The van der Waals surface area contributed by atoms with Crippen LogP contribution in [0.25, 0.3) is 0 Å². The average molecular weight is 248 g/mol. The lowest BCUT2D eigenvalue weighted by molar-refractivity contribution is 0.0340. The van der Waals surface area contributed by atoms with E-state index in [2.05, 4.69) is 6.92 Å². The second kappa shape index (κ2) is 7.40. The Balaban J connectivity index is 3.93. The van der Waals surface area contributed by atoms with Gasteiger partial charge in [0.25, 0.3) is 0 Å². The molecule has 2 atom stereocenters. The normalized spacial score (nSPS) is 19.1. The van der Waals surface area contributed by atoms with Gasteiger partial charge in [0.15, 0.2) is 0 Å². The highest BCUT2D eigenvalue weighted by molar-refractivity contribution is 6.62. The number of nitrogens with two attached hydrogens (primary N) is 2. The van der Waals surface area contributed by atoms with Crippen molar-refractivity contribution in [3.8, 4) is 0 Å². The maximum Gasteiger partial charge on any atom is 0.420 e. The predicted molar refractivity (Wildman–Crippen MR) is 69.9 cm³/mol. The van der Waals surface area contributed by atoms with Crippen molar-refractivity contribution in [3.63, 3.8) is 0 Å². The number of unbranched alkanes of at least 4 members (excludes halogenated alkanes) is 3. The molecule has 0 rings (SSSR count). The van der Waals surface area contributed by atoms with Crippen LogP contribution in [0.4, 0.5) is 0 Å². The maximum absolute atomic E-state index is 6.07. The van der Waals surface area contributed by atoms with E-state index in [9.17, 15) is 0 Å². The minimum atomic E-state index is -2.53. The molecular weight excluding hydrogens is 220 g/mol. The molecule has 0 aromatic rings. The van der Waals surface area contributed by atoms with Crippen molar-refractivity contribution in [2.45, 2.75) is 65.1 Å². The highest BCUT2D eigenvalue weighted by atomic mass is 28.4. The molecule has 0 radical (unpaired) electrons. The molecule has 0 fully saturated rings. The first kappa shape index (κ1) is 16.1. The van der Waals surface area contributed by atoms with Gasteiger partial charge in [-0.15, -0.1) is 0 Å². The molecular formula is C11H28N2O2Si. The molecule has 98 valence electrons. The number of rotatable bonds is 9. The van der Waals surface area contributed by atoms with Gasteiger partial charge in [-0.2, -0.15) is 0 Å². The molecule has 0 aromatic heterocycles.